The van der Waals surface area contributed by atoms with Crippen molar-refractivity contribution in [2.24, 2.45) is 11.1 Å². The summed E-state index contributed by atoms with van der Waals surface area (Å²) >= 11 is 5.05. The molecule has 2 aromatic rings. The Morgan fingerprint density at radius 1 is 1.32 bits per heavy atom. The first-order valence-electron chi connectivity index (χ1n) is 6.27. The zero-order valence-electron chi connectivity index (χ0n) is 11.2. The highest BCUT2D eigenvalue weighted by molar-refractivity contribution is 7.80. The number of nitrogens with two attached hydrogens (primary N) is 1. The average molecular weight is 274 g/mol. The maximum absolute atomic E-state index is 5.85. The SMILES string of the molecule is CC(C)(CCOc1cccc2ncccc12)C(N)=S. The summed E-state index contributed by atoms with van der Waals surface area (Å²) in [4.78, 5) is 4.83. The summed E-state index contributed by atoms with van der Waals surface area (Å²) in [6, 6.07) is 9.80. The monoisotopic (exact) mass is 274 g/mol. The van der Waals surface area contributed by atoms with Gasteiger partial charge in [0, 0.05) is 17.0 Å². The quantitative estimate of drug-likeness (QED) is 0.850. The smallest absolute Gasteiger partial charge is 0.128 e. The van der Waals surface area contributed by atoms with Crippen molar-refractivity contribution in [3.05, 3.63) is 36.5 Å². The number of ether oxygens (including phenoxy) is 1. The van der Waals surface area contributed by atoms with E-state index in [9.17, 15) is 0 Å². The summed E-state index contributed by atoms with van der Waals surface area (Å²) in [5.41, 5.74) is 6.46. The van der Waals surface area contributed by atoms with Crippen LogP contribution in [-0.2, 0) is 0 Å². The molecule has 3 nitrogen and oxygen atoms in total. The van der Waals surface area contributed by atoms with E-state index in [1.54, 1.807) is 6.20 Å². The van der Waals surface area contributed by atoms with Crippen LogP contribution in [0.5, 0.6) is 5.75 Å². The molecule has 19 heavy (non-hydrogen) atoms. The molecule has 2 N–H and O–H groups in total. The van der Waals surface area contributed by atoms with E-state index in [1.165, 1.54) is 0 Å². The Balaban J connectivity index is 2.09. The zero-order chi connectivity index (χ0) is 13.9. The van der Waals surface area contributed by atoms with Crippen LogP contribution in [0.15, 0.2) is 36.5 Å². The average Bonchev–Trinajstić information content (AvgIpc) is 2.38. The van der Waals surface area contributed by atoms with E-state index in [0.29, 0.717) is 11.6 Å². The van der Waals surface area contributed by atoms with E-state index in [0.717, 1.165) is 23.1 Å². The highest BCUT2D eigenvalue weighted by Crippen LogP contribution is 2.26. The first-order chi connectivity index (χ1) is 9.00. The second-order valence-electron chi connectivity index (χ2n) is 5.17. The molecule has 0 aliphatic heterocycles. The lowest BCUT2D eigenvalue weighted by Crippen LogP contribution is -2.31. The van der Waals surface area contributed by atoms with Crippen LogP contribution >= 0.6 is 12.2 Å². The maximum Gasteiger partial charge on any atom is 0.128 e. The number of pyridine rings is 1. The molecule has 0 saturated carbocycles. The third-order valence-corrected chi connectivity index (χ3v) is 3.81. The number of benzene rings is 1. The third-order valence-electron chi connectivity index (χ3n) is 3.26. The molecule has 2 rings (SSSR count). The lowest BCUT2D eigenvalue weighted by molar-refractivity contribution is 0.273. The minimum Gasteiger partial charge on any atom is -0.493 e. The van der Waals surface area contributed by atoms with Gasteiger partial charge in [-0.05, 0) is 30.7 Å². The fourth-order valence-corrected chi connectivity index (χ4v) is 1.84. The van der Waals surface area contributed by atoms with Gasteiger partial charge in [0.15, 0.2) is 0 Å². The highest BCUT2D eigenvalue weighted by Gasteiger charge is 2.21. The van der Waals surface area contributed by atoms with Crippen molar-refractivity contribution in [3.8, 4) is 5.75 Å². The third kappa shape index (κ3) is 3.20. The molecular formula is C15H18N2OS. The molecule has 100 valence electrons. The molecule has 0 atom stereocenters. The van der Waals surface area contributed by atoms with Gasteiger partial charge in [-0.3, -0.25) is 4.98 Å². The summed E-state index contributed by atoms with van der Waals surface area (Å²) in [5.74, 6) is 0.851. The fourth-order valence-electron chi connectivity index (χ4n) is 1.74. The number of rotatable bonds is 5. The van der Waals surface area contributed by atoms with Crippen molar-refractivity contribution < 1.29 is 4.74 Å². The Morgan fingerprint density at radius 3 is 2.84 bits per heavy atom. The van der Waals surface area contributed by atoms with Crippen LogP contribution in [0.1, 0.15) is 20.3 Å². The van der Waals surface area contributed by atoms with Gasteiger partial charge in [0.1, 0.15) is 5.75 Å². The highest BCUT2D eigenvalue weighted by atomic mass is 32.1. The minimum atomic E-state index is -0.182. The second-order valence-corrected chi connectivity index (χ2v) is 5.61. The van der Waals surface area contributed by atoms with Crippen LogP contribution in [0, 0.1) is 5.41 Å². The van der Waals surface area contributed by atoms with Crippen molar-refractivity contribution in [2.75, 3.05) is 6.61 Å². The van der Waals surface area contributed by atoms with Gasteiger partial charge in [-0.25, -0.2) is 0 Å². The standard InChI is InChI=1S/C15H18N2OS/c1-15(2,14(16)19)8-10-18-13-7-3-6-12-11(13)5-4-9-17-12/h3-7,9H,8,10H2,1-2H3,(H2,16,19). The maximum atomic E-state index is 5.85. The Bertz CT molecular complexity index is 590. The van der Waals surface area contributed by atoms with Crippen LogP contribution in [0.3, 0.4) is 0 Å². The van der Waals surface area contributed by atoms with Gasteiger partial charge in [-0.15, -0.1) is 0 Å². The normalized spacial score (nSPS) is 11.5. The number of thiocarbonyl (C=S) groups is 1. The molecule has 1 aromatic heterocycles. The molecule has 0 unspecified atom stereocenters. The lowest BCUT2D eigenvalue weighted by Gasteiger charge is -2.23. The van der Waals surface area contributed by atoms with Crippen molar-refractivity contribution in [3.63, 3.8) is 0 Å². The summed E-state index contributed by atoms with van der Waals surface area (Å²) in [6.07, 6.45) is 2.57. The molecule has 0 aliphatic carbocycles. The summed E-state index contributed by atoms with van der Waals surface area (Å²) in [6.45, 7) is 4.64. The fraction of sp³-hybridized carbons (Fsp3) is 0.333. The molecule has 1 aromatic carbocycles. The van der Waals surface area contributed by atoms with E-state index in [1.807, 2.05) is 44.2 Å². The number of hydrogen-bond donors (Lipinski definition) is 1. The molecular weight excluding hydrogens is 256 g/mol. The molecule has 4 heteroatoms. The molecule has 0 amide bonds. The second kappa shape index (κ2) is 5.53. The van der Waals surface area contributed by atoms with E-state index in [-0.39, 0.29) is 5.41 Å². The Kier molecular flexibility index (Phi) is 4.00. The van der Waals surface area contributed by atoms with Crippen LogP contribution in [0.2, 0.25) is 0 Å². The van der Waals surface area contributed by atoms with Gasteiger partial charge in [-0.2, -0.15) is 0 Å². The van der Waals surface area contributed by atoms with Gasteiger partial charge in [-0.1, -0.05) is 32.1 Å². The van der Waals surface area contributed by atoms with Gasteiger partial charge in [0.05, 0.1) is 17.1 Å². The number of fused-ring (bicyclic) bond motifs is 1. The summed E-state index contributed by atoms with van der Waals surface area (Å²) in [5, 5.41) is 1.03. The van der Waals surface area contributed by atoms with Crippen LogP contribution < -0.4 is 10.5 Å². The first kappa shape index (κ1) is 13.7. The van der Waals surface area contributed by atoms with E-state index in [4.69, 9.17) is 22.7 Å². The number of hydrogen-bond acceptors (Lipinski definition) is 3. The van der Waals surface area contributed by atoms with Crippen molar-refractivity contribution in [2.45, 2.75) is 20.3 Å². The van der Waals surface area contributed by atoms with Gasteiger partial charge in [0.25, 0.3) is 0 Å². The van der Waals surface area contributed by atoms with Crippen molar-refractivity contribution in [1.82, 2.24) is 4.98 Å². The summed E-state index contributed by atoms with van der Waals surface area (Å²) < 4.78 is 5.85. The van der Waals surface area contributed by atoms with Crippen molar-refractivity contribution in [1.29, 1.82) is 0 Å². The van der Waals surface area contributed by atoms with E-state index in [2.05, 4.69) is 4.98 Å². The van der Waals surface area contributed by atoms with Gasteiger partial charge >= 0.3 is 0 Å². The van der Waals surface area contributed by atoms with Crippen molar-refractivity contribution >= 4 is 28.1 Å². The molecule has 0 fully saturated rings. The summed E-state index contributed by atoms with van der Waals surface area (Å²) in [7, 11) is 0. The first-order valence-corrected chi connectivity index (χ1v) is 6.68. The predicted molar refractivity (Wildman–Crippen MR) is 82.4 cm³/mol. The topological polar surface area (TPSA) is 48.1 Å². The number of nitrogens with zero attached hydrogens (tertiary/aromatic N) is 1. The van der Waals surface area contributed by atoms with Gasteiger partial charge in [0.2, 0.25) is 0 Å². The van der Waals surface area contributed by atoms with E-state index < -0.39 is 0 Å². The molecule has 0 saturated heterocycles. The molecule has 0 aliphatic rings. The molecule has 1 heterocycles. The van der Waals surface area contributed by atoms with E-state index >= 15 is 0 Å². The van der Waals surface area contributed by atoms with Gasteiger partial charge < -0.3 is 10.5 Å². The van der Waals surface area contributed by atoms with Crippen LogP contribution in [0.4, 0.5) is 0 Å². The molecule has 0 radical (unpaired) electrons. The van der Waals surface area contributed by atoms with Crippen LogP contribution in [-0.4, -0.2) is 16.6 Å². The Hall–Kier alpha value is -1.68. The Labute approximate surface area is 118 Å². The zero-order valence-corrected chi connectivity index (χ0v) is 12.0. The number of aromatic nitrogens is 1. The Morgan fingerprint density at radius 2 is 2.11 bits per heavy atom. The predicted octanol–water partition coefficient (Wildman–Crippen LogP) is 3.32. The molecule has 0 spiro atoms. The molecule has 0 bridgehead atoms. The van der Waals surface area contributed by atoms with Crippen LogP contribution in [0.25, 0.3) is 10.9 Å². The largest absolute Gasteiger partial charge is 0.493 e. The minimum absolute atomic E-state index is 0.182. The lowest BCUT2D eigenvalue weighted by atomic mass is 9.90.